The fourth-order valence-electron chi connectivity index (χ4n) is 3.10. The molecular formula is C14H24N2O3. The van der Waals surface area contributed by atoms with Crippen LogP contribution in [0.25, 0.3) is 0 Å². The second-order valence-electron chi connectivity index (χ2n) is 6.21. The van der Waals surface area contributed by atoms with Gasteiger partial charge in [0.15, 0.2) is 0 Å². The van der Waals surface area contributed by atoms with Gasteiger partial charge in [-0.25, -0.2) is 9.59 Å². The normalized spacial score (nSPS) is 30.1. The predicted molar refractivity (Wildman–Crippen MR) is 71.9 cm³/mol. The second-order valence-corrected chi connectivity index (χ2v) is 6.21. The van der Waals surface area contributed by atoms with Crippen LogP contribution in [0.3, 0.4) is 0 Å². The SMILES string of the molecule is CC1CCN(C(=O)NC2(C(=O)O)CCCC2)CC1C. The van der Waals surface area contributed by atoms with Gasteiger partial charge in [0.1, 0.15) is 5.54 Å². The number of nitrogens with zero attached hydrogens (tertiary/aromatic N) is 1. The third-order valence-corrected chi connectivity index (χ3v) is 4.83. The van der Waals surface area contributed by atoms with E-state index in [2.05, 4.69) is 19.2 Å². The summed E-state index contributed by atoms with van der Waals surface area (Å²) >= 11 is 0. The minimum atomic E-state index is -1.02. The molecular weight excluding hydrogens is 244 g/mol. The number of amides is 2. The number of carboxylic acid groups (broad SMARTS) is 1. The lowest BCUT2D eigenvalue weighted by Gasteiger charge is -2.37. The molecule has 2 rings (SSSR count). The van der Waals surface area contributed by atoms with Crippen molar-refractivity contribution in [3.63, 3.8) is 0 Å². The largest absolute Gasteiger partial charge is 0.480 e. The monoisotopic (exact) mass is 268 g/mol. The van der Waals surface area contributed by atoms with Crippen LogP contribution in [0.15, 0.2) is 0 Å². The Labute approximate surface area is 114 Å². The summed E-state index contributed by atoms with van der Waals surface area (Å²) in [5.74, 6) is 0.213. The molecule has 1 heterocycles. The maximum Gasteiger partial charge on any atom is 0.329 e. The minimum Gasteiger partial charge on any atom is -0.480 e. The van der Waals surface area contributed by atoms with Crippen LogP contribution in [-0.2, 0) is 4.79 Å². The molecule has 1 aliphatic heterocycles. The molecule has 1 aliphatic carbocycles. The quantitative estimate of drug-likeness (QED) is 0.805. The number of piperidine rings is 1. The molecule has 5 nitrogen and oxygen atoms in total. The van der Waals surface area contributed by atoms with Gasteiger partial charge in [0.05, 0.1) is 0 Å². The Kier molecular flexibility index (Phi) is 4.02. The molecule has 2 aliphatic rings. The van der Waals surface area contributed by atoms with Crippen molar-refractivity contribution in [2.45, 2.75) is 51.5 Å². The summed E-state index contributed by atoms with van der Waals surface area (Å²) in [6, 6.07) is -0.206. The predicted octanol–water partition coefficient (Wildman–Crippen LogP) is 2.07. The van der Waals surface area contributed by atoms with Gasteiger partial charge >= 0.3 is 12.0 Å². The first kappa shape index (κ1) is 14.2. The van der Waals surface area contributed by atoms with Gasteiger partial charge < -0.3 is 15.3 Å². The number of rotatable bonds is 2. The van der Waals surface area contributed by atoms with Crippen molar-refractivity contribution in [3.05, 3.63) is 0 Å². The summed E-state index contributed by atoms with van der Waals surface area (Å²) in [5, 5.41) is 12.2. The standard InChI is InChI=1S/C14H24N2O3/c1-10-5-8-16(9-11(10)2)13(19)15-14(12(17)18)6-3-4-7-14/h10-11H,3-9H2,1-2H3,(H,15,19)(H,17,18). The van der Waals surface area contributed by atoms with E-state index >= 15 is 0 Å². The molecule has 1 saturated carbocycles. The molecule has 2 atom stereocenters. The van der Waals surface area contributed by atoms with Crippen molar-refractivity contribution < 1.29 is 14.7 Å². The van der Waals surface area contributed by atoms with Crippen molar-refractivity contribution in [2.24, 2.45) is 11.8 Å². The molecule has 0 aromatic rings. The van der Waals surface area contributed by atoms with E-state index in [-0.39, 0.29) is 6.03 Å². The molecule has 2 N–H and O–H groups in total. The van der Waals surface area contributed by atoms with Crippen LogP contribution in [0.5, 0.6) is 0 Å². The number of carbonyl (C=O) groups is 2. The van der Waals surface area contributed by atoms with Crippen LogP contribution >= 0.6 is 0 Å². The first-order valence-corrected chi connectivity index (χ1v) is 7.25. The maximum absolute atomic E-state index is 12.3. The molecule has 108 valence electrons. The molecule has 0 spiro atoms. The lowest BCUT2D eigenvalue weighted by molar-refractivity contribution is -0.144. The number of likely N-dealkylation sites (tertiary alicyclic amines) is 1. The van der Waals surface area contributed by atoms with Gasteiger partial charge in [-0.05, 0) is 31.1 Å². The van der Waals surface area contributed by atoms with Gasteiger partial charge in [-0.1, -0.05) is 26.7 Å². The van der Waals surface area contributed by atoms with Crippen molar-refractivity contribution in [1.29, 1.82) is 0 Å². The van der Waals surface area contributed by atoms with Crippen LogP contribution in [0.4, 0.5) is 4.79 Å². The van der Waals surface area contributed by atoms with E-state index < -0.39 is 11.5 Å². The highest BCUT2D eigenvalue weighted by Gasteiger charge is 2.43. The Balaban J connectivity index is 1.98. The van der Waals surface area contributed by atoms with Crippen molar-refractivity contribution in [1.82, 2.24) is 10.2 Å². The summed E-state index contributed by atoms with van der Waals surface area (Å²) in [5.41, 5.74) is -1.02. The molecule has 0 bridgehead atoms. The van der Waals surface area contributed by atoms with Crippen LogP contribution in [0.1, 0.15) is 46.0 Å². The highest BCUT2D eigenvalue weighted by molar-refractivity contribution is 5.86. The molecule has 0 radical (unpaired) electrons. The Morgan fingerprint density at radius 3 is 2.37 bits per heavy atom. The number of nitrogens with one attached hydrogen (secondary N) is 1. The fraction of sp³-hybridized carbons (Fsp3) is 0.857. The summed E-state index contributed by atoms with van der Waals surface area (Å²) in [6.07, 6.45) is 3.84. The van der Waals surface area contributed by atoms with Crippen LogP contribution < -0.4 is 5.32 Å². The van der Waals surface area contributed by atoms with E-state index in [1.807, 2.05) is 0 Å². The molecule has 19 heavy (non-hydrogen) atoms. The Bertz CT molecular complexity index is 364. The summed E-state index contributed by atoms with van der Waals surface area (Å²) in [6.45, 7) is 5.80. The van der Waals surface area contributed by atoms with Crippen LogP contribution in [0, 0.1) is 11.8 Å². The number of carbonyl (C=O) groups excluding carboxylic acids is 1. The van der Waals surface area contributed by atoms with E-state index in [1.54, 1.807) is 4.90 Å². The zero-order valence-electron chi connectivity index (χ0n) is 11.8. The topological polar surface area (TPSA) is 69.6 Å². The minimum absolute atomic E-state index is 0.206. The van der Waals surface area contributed by atoms with Crippen LogP contribution in [0.2, 0.25) is 0 Å². The average molecular weight is 268 g/mol. The van der Waals surface area contributed by atoms with Gasteiger partial charge in [0.2, 0.25) is 0 Å². The molecule has 0 aromatic carbocycles. The van der Waals surface area contributed by atoms with E-state index in [1.165, 1.54) is 0 Å². The van der Waals surface area contributed by atoms with Gasteiger partial charge in [0, 0.05) is 13.1 Å². The number of hydrogen-bond donors (Lipinski definition) is 2. The fourth-order valence-corrected chi connectivity index (χ4v) is 3.10. The van der Waals surface area contributed by atoms with E-state index in [0.29, 0.717) is 24.7 Å². The van der Waals surface area contributed by atoms with Gasteiger partial charge in [-0.3, -0.25) is 0 Å². The Morgan fingerprint density at radius 1 is 1.21 bits per heavy atom. The smallest absolute Gasteiger partial charge is 0.329 e. The zero-order chi connectivity index (χ0) is 14.0. The van der Waals surface area contributed by atoms with E-state index in [4.69, 9.17) is 0 Å². The lowest BCUT2D eigenvalue weighted by Crippen LogP contribution is -2.58. The number of carboxylic acids is 1. The second kappa shape index (κ2) is 5.39. The highest BCUT2D eigenvalue weighted by atomic mass is 16.4. The summed E-state index contributed by atoms with van der Waals surface area (Å²) in [7, 11) is 0. The van der Waals surface area contributed by atoms with Gasteiger partial charge in [-0.15, -0.1) is 0 Å². The van der Waals surface area contributed by atoms with E-state index in [9.17, 15) is 14.7 Å². The Hall–Kier alpha value is -1.26. The Morgan fingerprint density at radius 2 is 1.84 bits per heavy atom. The van der Waals surface area contributed by atoms with Crippen molar-refractivity contribution >= 4 is 12.0 Å². The lowest BCUT2D eigenvalue weighted by atomic mass is 9.89. The molecule has 5 heteroatoms. The highest BCUT2D eigenvalue weighted by Crippen LogP contribution is 2.30. The molecule has 2 unspecified atom stereocenters. The number of hydrogen-bond acceptors (Lipinski definition) is 2. The third kappa shape index (κ3) is 2.85. The number of urea groups is 1. The summed E-state index contributed by atoms with van der Waals surface area (Å²) in [4.78, 5) is 25.5. The molecule has 0 aromatic heterocycles. The third-order valence-electron chi connectivity index (χ3n) is 4.83. The molecule has 2 amide bonds. The molecule has 1 saturated heterocycles. The zero-order valence-corrected chi connectivity index (χ0v) is 11.8. The van der Waals surface area contributed by atoms with Gasteiger partial charge in [0.25, 0.3) is 0 Å². The van der Waals surface area contributed by atoms with Crippen molar-refractivity contribution in [3.8, 4) is 0 Å². The first-order chi connectivity index (χ1) is 8.94. The van der Waals surface area contributed by atoms with Gasteiger partial charge in [-0.2, -0.15) is 0 Å². The molecule has 2 fully saturated rings. The summed E-state index contributed by atoms with van der Waals surface area (Å²) < 4.78 is 0. The first-order valence-electron chi connectivity index (χ1n) is 7.25. The average Bonchev–Trinajstić information content (AvgIpc) is 2.82. The van der Waals surface area contributed by atoms with E-state index in [0.717, 1.165) is 32.4 Å². The van der Waals surface area contributed by atoms with Crippen LogP contribution in [-0.4, -0.2) is 40.6 Å². The maximum atomic E-state index is 12.3. The number of aliphatic carboxylic acids is 1. The van der Waals surface area contributed by atoms with Crippen molar-refractivity contribution in [2.75, 3.05) is 13.1 Å².